The van der Waals surface area contributed by atoms with Crippen molar-refractivity contribution >= 4 is 40.7 Å². The van der Waals surface area contributed by atoms with Gasteiger partial charge in [0.1, 0.15) is 5.69 Å². The summed E-state index contributed by atoms with van der Waals surface area (Å²) in [6.45, 7) is 2.60. The van der Waals surface area contributed by atoms with Gasteiger partial charge >= 0.3 is 0 Å². The average molecular weight is 387 g/mol. The summed E-state index contributed by atoms with van der Waals surface area (Å²) >= 11 is 11.9. The van der Waals surface area contributed by atoms with E-state index in [0.29, 0.717) is 28.2 Å². The molecule has 0 fully saturated rings. The van der Waals surface area contributed by atoms with E-state index in [1.165, 1.54) is 17.8 Å². The van der Waals surface area contributed by atoms with Crippen molar-refractivity contribution in [1.82, 2.24) is 9.97 Å². The summed E-state index contributed by atoms with van der Waals surface area (Å²) in [6.07, 6.45) is 1.53. The summed E-state index contributed by atoms with van der Waals surface area (Å²) in [5.74, 6) is -0.00316. The molecule has 0 aliphatic heterocycles. The number of carbonyl (C=O) groups is 1. The fourth-order valence-corrected chi connectivity index (χ4v) is 2.81. The molecule has 132 valence electrons. The molecule has 2 aromatic carbocycles. The number of hydrogen-bond acceptors (Lipinski definition) is 4. The number of hydrogen-bond donors (Lipinski definition) is 2. The van der Waals surface area contributed by atoms with Gasteiger partial charge in [-0.2, -0.15) is 0 Å². The van der Waals surface area contributed by atoms with Crippen LogP contribution in [0.2, 0.25) is 10.0 Å². The van der Waals surface area contributed by atoms with Crippen LogP contribution in [0.3, 0.4) is 0 Å². The lowest BCUT2D eigenvalue weighted by Gasteiger charge is -2.09. The third kappa shape index (κ3) is 4.71. The standard InChI is InChI=1S/C19H16Cl2N4O/c1-12-3-2-4-13(9-12)11-23-19-22-8-7-17(25-19)18(26)24-16-6-5-14(20)10-15(16)21/h2-10H,11H2,1H3,(H,24,26)(H,22,23,25). The summed E-state index contributed by atoms with van der Waals surface area (Å²) < 4.78 is 0. The van der Waals surface area contributed by atoms with Gasteiger partial charge in [-0.15, -0.1) is 0 Å². The highest BCUT2D eigenvalue weighted by molar-refractivity contribution is 6.36. The summed E-state index contributed by atoms with van der Waals surface area (Å²) in [7, 11) is 0. The molecule has 0 saturated carbocycles. The zero-order chi connectivity index (χ0) is 18.5. The largest absolute Gasteiger partial charge is 0.350 e. The zero-order valence-corrected chi connectivity index (χ0v) is 15.5. The van der Waals surface area contributed by atoms with E-state index in [1.807, 2.05) is 25.1 Å². The summed E-state index contributed by atoms with van der Waals surface area (Å²) in [5.41, 5.74) is 2.99. The Hall–Kier alpha value is -2.63. The van der Waals surface area contributed by atoms with Crippen molar-refractivity contribution in [3.8, 4) is 0 Å². The molecular formula is C19H16Cl2N4O. The van der Waals surface area contributed by atoms with Crippen LogP contribution in [0.15, 0.2) is 54.7 Å². The Balaban J connectivity index is 1.69. The number of rotatable bonds is 5. The molecule has 1 aromatic heterocycles. The Morgan fingerprint density at radius 1 is 1.12 bits per heavy atom. The molecule has 1 heterocycles. The van der Waals surface area contributed by atoms with Crippen LogP contribution in [0.5, 0.6) is 0 Å². The SMILES string of the molecule is Cc1cccc(CNc2nccc(C(=O)Nc3ccc(Cl)cc3Cl)n2)c1. The van der Waals surface area contributed by atoms with Gasteiger partial charge in [-0.1, -0.05) is 53.0 Å². The normalized spacial score (nSPS) is 10.4. The topological polar surface area (TPSA) is 66.9 Å². The number of benzene rings is 2. The van der Waals surface area contributed by atoms with Crippen molar-refractivity contribution in [2.45, 2.75) is 13.5 Å². The Morgan fingerprint density at radius 3 is 2.73 bits per heavy atom. The van der Waals surface area contributed by atoms with Crippen LogP contribution in [-0.4, -0.2) is 15.9 Å². The van der Waals surface area contributed by atoms with Gasteiger partial charge in [0.15, 0.2) is 0 Å². The number of carbonyl (C=O) groups excluding carboxylic acids is 1. The van der Waals surface area contributed by atoms with E-state index < -0.39 is 0 Å². The second-order valence-electron chi connectivity index (χ2n) is 5.69. The van der Waals surface area contributed by atoms with E-state index in [9.17, 15) is 4.79 Å². The van der Waals surface area contributed by atoms with Crippen LogP contribution in [0.4, 0.5) is 11.6 Å². The monoisotopic (exact) mass is 386 g/mol. The maximum Gasteiger partial charge on any atom is 0.274 e. The third-order valence-corrected chi connectivity index (χ3v) is 4.15. The molecule has 1 amide bonds. The average Bonchev–Trinajstić information content (AvgIpc) is 2.62. The lowest BCUT2D eigenvalue weighted by atomic mass is 10.1. The van der Waals surface area contributed by atoms with Crippen molar-refractivity contribution in [3.05, 3.63) is 81.6 Å². The lowest BCUT2D eigenvalue weighted by Crippen LogP contribution is -2.15. The first-order valence-electron chi connectivity index (χ1n) is 7.90. The Bertz CT molecular complexity index is 946. The second kappa shape index (κ2) is 8.17. The van der Waals surface area contributed by atoms with Crippen molar-refractivity contribution in [3.63, 3.8) is 0 Å². The molecule has 5 nitrogen and oxygen atoms in total. The number of amides is 1. The van der Waals surface area contributed by atoms with Crippen molar-refractivity contribution in [2.75, 3.05) is 10.6 Å². The fourth-order valence-electron chi connectivity index (χ4n) is 2.35. The predicted octanol–water partition coefficient (Wildman–Crippen LogP) is 4.96. The molecule has 0 saturated heterocycles. The number of nitrogens with zero attached hydrogens (tertiary/aromatic N) is 2. The smallest absolute Gasteiger partial charge is 0.274 e. The number of anilines is 2. The first-order chi connectivity index (χ1) is 12.5. The molecule has 3 rings (SSSR count). The maximum absolute atomic E-state index is 12.4. The van der Waals surface area contributed by atoms with Crippen LogP contribution in [-0.2, 0) is 6.54 Å². The Morgan fingerprint density at radius 2 is 1.96 bits per heavy atom. The van der Waals surface area contributed by atoms with Gasteiger partial charge in [0, 0.05) is 17.8 Å². The van der Waals surface area contributed by atoms with Gasteiger partial charge in [0.25, 0.3) is 5.91 Å². The zero-order valence-electron chi connectivity index (χ0n) is 14.0. The number of nitrogens with one attached hydrogen (secondary N) is 2. The van der Waals surface area contributed by atoms with E-state index in [2.05, 4.69) is 26.7 Å². The minimum Gasteiger partial charge on any atom is -0.350 e. The van der Waals surface area contributed by atoms with Crippen LogP contribution in [0.1, 0.15) is 21.6 Å². The fraction of sp³-hybridized carbons (Fsp3) is 0.105. The second-order valence-corrected chi connectivity index (χ2v) is 6.53. The van der Waals surface area contributed by atoms with E-state index in [0.717, 1.165) is 5.56 Å². The lowest BCUT2D eigenvalue weighted by molar-refractivity contribution is 0.102. The van der Waals surface area contributed by atoms with Crippen molar-refractivity contribution in [2.24, 2.45) is 0 Å². The molecule has 0 spiro atoms. The molecule has 7 heteroatoms. The maximum atomic E-state index is 12.4. The molecule has 0 atom stereocenters. The minimum atomic E-state index is -0.379. The van der Waals surface area contributed by atoms with Gasteiger partial charge in [0.2, 0.25) is 5.95 Å². The van der Waals surface area contributed by atoms with E-state index >= 15 is 0 Å². The van der Waals surface area contributed by atoms with E-state index in [1.54, 1.807) is 18.2 Å². The van der Waals surface area contributed by atoms with Crippen LogP contribution >= 0.6 is 23.2 Å². The number of aromatic nitrogens is 2. The number of halogens is 2. The highest BCUT2D eigenvalue weighted by Gasteiger charge is 2.11. The molecule has 0 bridgehead atoms. The molecule has 0 aliphatic carbocycles. The van der Waals surface area contributed by atoms with Gasteiger partial charge in [-0.3, -0.25) is 4.79 Å². The molecular weight excluding hydrogens is 371 g/mol. The summed E-state index contributed by atoms with van der Waals surface area (Å²) in [4.78, 5) is 20.8. The first-order valence-corrected chi connectivity index (χ1v) is 8.66. The molecule has 26 heavy (non-hydrogen) atoms. The number of aryl methyl sites for hydroxylation is 1. The Labute approximate surface area is 161 Å². The van der Waals surface area contributed by atoms with Crippen molar-refractivity contribution < 1.29 is 4.79 Å². The van der Waals surface area contributed by atoms with Gasteiger partial charge in [-0.05, 0) is 36.8 Å². The Kier molecular flexibility index (Phi) is 5.71. The highest BCUT2D eigenvalue weighted by atomic mass is 35.5. The highest BCUT2D eigenvalue weighted by Crippen LogP contribution is 2.25. The quantitative estimate of drug-likeness (QED) is 0.650. The molecule has 3 aromatic rings. The molecule has 2 N–H and O–H groups in total. The third-order valence-electron chi connectivity index (χ3n) is 3.60. The molecule has 0 unspecified atom stereocenters. The van der Waals surface area contributed by atoms with E-state index in [4.69, 9.17) is 23.2 Å². The summed E-state index contributed by atoms with van der Waals surface area (Å²) in [5, 5.41) is 6.69. The van der Waals surface area contributed by atoms with Gasteiger partial charge < -0.3 is 10.6 Å². The van der Waals surface area contributed by atoms with Crippen LogP contribution in [0, 0.1) is 6.92 Å². The van der Waals surface area contributed by atoms with Crippen LogP contribution in [0.25, 0.3) is 0 Å². The van der Waals surface area contributed by atoms with Crippen LogP contribution < -0.4 is 10.6 Å². The summed E-state index contributed by atoms with van der Waals surface area (Å²) in [6, 6.07) is 14.5. The van der Waals surface area contributed by atoms with Gasteiger partial charge in [0.05, 0.1) is 10.7 Å². The molecule has 0 aliphatic rings. The predicted molar refractivity (Wildman–Crippen MR) is 105 cm³/mol. The first kappa shape index (κ1) is 18.2. The molecule has 0 radical (unpaired) electrons. The minimum absolute atomic E-state index is 0.234. The van der Waals surface area contributed by atoms with Gasteiger partial charge in [-0.25, -0.2) is 9.97 Å². The van der Waals surface area contributed by atoms with E-state index in [-0.39, 0.29) is 11.6 Å². The van der Waals surface area contributed by atoms with Crippen molar-refractivity contribution in [1.29, 1.82) is 0 Å².